The minimum Gasteiger partial charge on any atom is -0.494 e. The number of carbonyl (C=O) groups excluding carboxylic acids is 1. The van der Waals surface area contributed by atoms with Crippen LogP contribution in [0, 0.1) is 5.92 Å². The number of pyridine rings is 1. The predicted octanol–water partition coefficient (Wildman–Crippen LogP) is 4.03. The number of thiazole rings is 1. The summed E-state index contributed by atoms with van der Waals surface area (Å²) in [7, 11) is 0. The Balaban J connectivity index is 1.41. The zero-order valence-corrected chi connectivity index (χ0v) is 17.2. The Bertz CT molecular complexity index is 990. The van der Waals surface area contributed by atoms with Gasteiger partial charge in [-0.25, -0.2) is 4.98 Å². The van der Waals surface area contributed by atoms with Gasteiger partial charge in [0.25, 0.3) is 0 Å². The highest BCUT2D eigenvalue weighted by Gasteiger charge is 2.28. The summed E-state index contributed by atoms with van der Waals surface area (Å²) in [6, 6.07) is 9.46. The number of benzene rings is 1. The lowest BCUT2D eigenvalue weighted by Crippen LogP contribution is -2.38. The van der Waals surface area contributed by atoms with Crippen molar-refractivity contribution in [1.82, 2.24) is 15.3 Å². The number of fused-ring (bicyclic) bond motifs is 1. The van der Waals surface area contributed by atoms with Crippen molar-refractivity contribution in [2.75, 3.05) is 13.2 Å². The Kier molecular flexibility index (Phi) is 5.76. The quantitative estimate of drug-likeness (QED) is 0.665. The van der Waals surface area contributed by atoms with E-state index in [1.165, 1.54) is 11.3 Å². The fourth-order valence-corrected chi connectivity index (χ4v) is 4.16. The van der Waals surface area contributed by atoms with Crippen LogP contribution >= 0.6 is 11.3 Å². The molecule has 0 saturated heterocycles. The normalized spacial score (nSPS) is 16.4. The van der Waals surface area contributed by atoms with Crippen LogP contribution in [0.2, 0.25) is 0 Å². The lowest BCUT2D eigenvalue weighted by Gasteiger charge is -2.26. The van der Waals surface area contributed by atoms with E-state index in [4.69, 9.17) is 9.47 Å². The van der Waals surface area contributed by atoms with Crippen LogP contribution in [0.4, 0.5) is 0 Å². The first kappa shape index (κ1) is 19.4. The average Bonchev–Trinajstić information content (AvgIpc) is 3.24. The largest absolute Gasteiger partial charge is 0.494 e. The Labute approximate surface area is 173 Å². The molecule has 4 rings (SSSR count). The Morgan fingerprint density at radius 1 is 1.41 bits per heavy atom. The number of hydrogen-bond acceptors (Lipinski definition) is 6. The standard InChI is InChI=1S/C22H23N3O3S/c1-3-27-18-6-7-20-16(10-18)9-17(12-28-20)21(26)24-14(2)22-25-19(13-29-22)15-5-4-8-23-11-15/h4-8,10-11,13-14,17H,3,9,12H2,1-2H3,(H,24,26). The van der Waals surface area contributed by atoms with Crippen molar-refractivity contribution in [2.24, 2.45) is 5.92 Å². The number of ether oxygens (including phenoxy) is 2. The molecular formula is C22H23N3O3S. The van der Waals surface area contributed by atoms with Gasteiger partial charge in [-0.1, -0.05) is 0 Å². The lowest BCUT2D eigenvalue weighted by molar-refractivity contribution is -0.126. The van der Waals surface area contributed by atoms with Gasteiger partial charge in [-0.15, -0.1) is 11.3 Å². The van der Waals surface area contributed by atoms with Gasteiger partial charge >= 0.3 is 0 Å². The molecule has 150 valence electrons. The summed E-state index contributed by atoms with van der Waals surface area (Å²) < 4.78 is 11.4. The fraction of sp³-hybridized carbons (Fsp3) is 0.318. The van der Waals surface area contributed by atoms with Gasteiger partial charge < -0.3 is 14.8 Å². The minimum absolute atomic E-state index is 0.0249. The molecule has 0 aliphatic carbocycles. The van der Waals surface area contributed by atoms with Gasteiger partial charge in [0, 0.05) is 23.3 Å². The summed E-state index contributed by atoms with van der Waals surface area (Å²) in [4.78, 5) is 21.6. The molecule has 0 spiro atoms. The zero-order valence-electron chi connectivity index (χ0n) is 16.4. The van der Waals surface area contributed by atoms with E-state index < -0.39 is 0 Å². The molecule has 7 heteroatoms. The van der Waals surface area contributed by atoms with Gasteiger partial charge in [-0.3, -0.25) is 9.78 Å². The number of nitrogens with zero attached hydrogens (tertiary/aromatic N) is 2. The Morgan fingerprint density at radius 2 is 2.31 bits per heavy atom. The van der Waals surface area contributed by atoms with E-state index in [0.717, 1.165) is 33.3 Å². The van der Waals surface area contributed by atoms with E-state index in [1.807, 2.05) is 49.6 Å². The second kappa shape index (κ2) is 8.61. The van der Waals surface area contributed by atoms with E-state index in [0.29, 0.717) is 19.6 Å². The maximum atomic E-state index is 12.8. The molecule has 0 saturated carbocycles. The van der Waals surface area contributed by atoms with E-state index in [-0.39, 0.29) is 17.9 Å². The van der Waals surface area contributed by atoms with Gasteiger partial charge in [-0.05, 0) is 56.2 Å². The molecule has 0 radical (unpaired) electrons. The summed E-state index contributed by atoms with van der Waals surface area (Å²) in [5, 5.41) is 5.94. The molecule has 2 unspecified atom stereocenters. The number of rotatable bonds is 6. The van der Waals surface area contributed by atoms with Crippen molar-refractivity contribution in [3.8, 4) is 22.8 Å². The van der Waals surface area contributed by atoms with Gasteiger partial charge in [-0.2, -0.15) is 0 Å². The second-order valence-corrected chi connectivity index (χ2v) is 7.85. The van der Waals surface area contributed by atoms with Crippen molar-refractivity contribution in [1.29, 1.82) is 0 Å². The van der Waals surface area contributed by atoms with Crippen LogP contribution in [0.5, 0.6) is 11.5 Å². The highest BCUT2D eigenvalue weighted by Crippen LogP contribution is 2.31. The van der Waals surface area contributed by atoms with Crippen molar-refractivity contribution < 1.29 is 14.3 Å². The van der Waals surface area contributed by atoms with E-state index in [9.17, 15) is 4.79 Å². The number of nitrogens with one attached hydrogen (secondary N) is 1. The molecule has 1 aliphatic rings. The van der Waals surface area contributed by atoms with Crippen molar-refractivity contribution in [3.63, 3.8) is 0 Å². The van der Waals surface area contributed by atoms with Crippen LogP contribution < -0.4 is 14.8 Å². The molecule has 29 heavy (non-hydrogen) atoms. The highest BCUT2D eigenvalue weighted by molar-refractivity contribution is 7.10. The zero-order chi connectivity index (χ0) is 20.2. The van der Waals surface area contributed by atoms with E-state index in [1.54, 1.807) is 12.4 Å². The summed E-state index contributed by atoms with van der Waals surface area (Å²) in [5.41, 5.74) is 2.84. The molecule has 2 aromatic heterocycles. The summed E-state index contributed by atoms with van der Waals surface area (Å²) in [6.07, 6.45) is 4.16. The Morgan fingerprint density at radius 3 is 3.10 bits per heavy atom. The fourth-order valence-electron chi connectivity index (χ4n) is 3.32. The summed E-state index contributed by atoms with van der Waals surface area (Å²) >= 11 is 1.54. The highest BCUT2D eigenvalue weighted by atomic mass is 32.1. The van der Waals surface area contributed by atoms with Crippen molar-refractivity contribution >= 4 is 17.2 Å². The third-order valence-electron chi connectivity index (χ3n) is 4.83. The monoisotopic (exact) mass is 409 g/mol. The summed E-state index contributed by atoms with van der Waals surface area (Å²) in [5.74, 6) is 1.37. The predicted molar refractivity (Wildman–Crippen MR) is 112 cm³/mol. The third-order valence-corrected chi connectivity index (χ3v) is 5.86. The lowest BCUT2D eigenvalue weighted by atomic mass is 9.95. The average molecular weight is 410 g/mol. The molecule has 2 atom stereocenters. The molecular weight excluding hydrogens is 386 g/mol. The minimum atomic E-state index is -0.236. The van der Waals surface area contributed by atoms with Gasteiger partial charge in [0.1, 0.15) is 23.1 Å². The first-order valence-electron chi connectivity index (χ1n) is 9.68. The molecule has 0 fully saturated rings. The van der Waals surface area contributed by atoms with Crippen LogP contribution in [0.1, 0.15) is 30.5 Å². The molecule has 3 heterocycles. The number of amides is 1. The molecule has 1 N–H and O–H groups in total. The van der Waals surface area contributed by atoms with E-state index in [2.05, 4.69) is 15.3 Å². The molecule has 6 nitrogen and oxygen atoms in total. The van der Waals surface area contributed by atoms with Crippen molar-refractivity contribution in [2.45, 2.75) is 26.3 Å². The topological polar surface area (TPSA) is 73.3 Å². The van der Waals surface area contributed by atoms with Crippen LogP contribution in [0.3, 0.4) is 0 Å². The smallest absolute Gasteiger partial charge is 0.227 e. The molecule has 1 amide bonds. The Hall–Kier alpha value is -2.93. The van der Waals surface area contributed by atoms with Crippen molar-refractivity contribution in [3.05, 3.63) is 58.7 Å². The third kappa shape index (κ3) is 4.40. The van der Waals surface area contributed by atoms with Crippen LogP contribution in [-0.4, -0.2) is 29.1 Å². The molecule has 1 aromatic carbocycles. The first-order chi connectivity index (χ1) is 14.1. The van der Waals surface area contributed by atoms with Crippen LogP contribution in [-0.2, 0) is 11.2 Å². The van der Waals surface area contributed by atoms with Gasteiger partial charge in [0.05, 0.1) is 24.3 Å². The van der Waals surface area contributed by atoms with Gasteiger partial charge in [0.2, 0.25) is 5.91 Å². The van der Waals surface area contributed by atoms with Crippen LogP contribution in [0.15, 0.2) is 48.1 Å². The first-order valence-corrected chi connectivity index (χ1v) is 10.6. The number of aromatic nitrogens is 2. The summed E-state index contributed by atoms with van der Waals surface area (Å²) in [6.45, 7) is 4.88. The second-order valence-electron chi connectivity index (χ2n) is 6.96. The molecule has 3 aromatic rings. The maximum Gasteiger partial charge on any atom is 0.227 e. The maximum absolute atomic E-state index is 12.8. The van der Waals surface area contributed by atoms with E-state index >= 15 is 0 Å². The molecule has 0 bridgehead atoms. The SMILES string of the molecule is CCOc1ccc2c(c1)CC(C(=O)NC(C)c1nc(-c3cccnc3)cs1)CO2. The van der Waals surface area contributed by atoms with Crippen LogP contribution in [0.25, 0.3) is 11.3 Å². The number of hydrogen-bond donors (Lipinski definition) is 1. The van der Waals surface area contributed by atoms with Gasteiger partial charge in [0.15, 0.2) is 0 Å². The number of carbonyl (C=O) groups is 1. The molecule has 1 aliphatic heterocycles.